The van der Waals surface area contributed by atoms with Crippen molar-refractivity contribution >= 4 is 0 Å². The van der Waals surface area contributed by atoms with Crippen LogP contribution in [0.2, 0.25) is 0 Å². The lowest BCUT2D eigenvalue weighted by Gasteiger charge is -2.24. The van der Waals surface area contributed by atoms with Crippen LogP contribution in [0, 0.1) is 0 Å². The first-order valence-electron chi connectivity index (χ1n) is 9.47. The number of aromatic nitrogens is 1. The van der Waals surface area contributed by atoms with Gasteiger partial charge in [-0.1, -0.05) is 19.3 Å². The Morgan fingerprint density at radius 1 is 1.00 bits per heavy atom. The van der Waals surface area contributed by atoms with Crippen LogP contribution in [0.25, 0.3) is 0 Å². The van der Waals surface area contributed by atoms with Crippen LogP contribution >= 0.6 is 0 Å². The van der Waals surface area contributed by atoms with Crippen molar-refractivity contribution in [1.29, 1.82) is 0 Å². The summed E-state index contributed by atoms with van der Waals surface area (Å²) in [5.74, 6) is 0.159. The van der Waals surface area contributed by atoms with E-state index >= 15 is 0 Å². The molecule has 24 heavy (non-hydrogen) atoms. The number of hydrogen-bond acceptors (Lipinski definition) is 5. The summed E-state index contributed by atoms with van der Waals surface area (Å²) in [6, 6.07) is 3.62. The average molecular weight is 334 g/mol. The average Bonchev–Trinajstić information content (AvgIpc) is 3.08. The van der Waals surface area contributed by atoms with Crippen molar-refractivity contribution in [2.75, 3.05) is 32.8 Å². The summed E-state index contributed by atoms with van der Waals surface area (Å²) < 4.78 is 10.9. The molecule has 2 fully saturated rings. The number of aromatic hydroxyl groups is 1. The minimum absolute atomic E-state index is 0.159. The summed E-state index contributed by atoms with van der Waals surface area (Å²) in [5, 5.41) is 9.96. The zero-order valence-corrected chi connectivity index (χ0v) is 14.6. The van der Waals surface area contributed by atoms with Gasteiger partial charge in [0.2, 0.25) is 6.29 Å². The van der Waals surface area contributed by atoms with Gasteiger partial charge < -0.3 is 19.5 Å². The van der Waals surface area contributed by atoms with Crippen LogP contribution in [0.4, 0.5) is 0 Å². The lowest BCUT2D eigenvalue weighted by molar-refractivity contribution is -0.0488. The van der Waals surface area contributed by atoms with Gasteiger partial charge in [-0.3, -0.25) is 0 Å². The maximum absolute atomic E-state index is 9.96. The quantitative estimate of drug-likeness (QED) is 0.808. The van der Waals surface area contributed by atoms with Crippen LogP contribution in [0.5, 0.6) is 5.75 Å². The fourth-order valence-electron chi connectivity index (χ4n) is 3.52. The van der Waals surface area contributed by atoms with Crippen LogP contribution < -0.4 is 0 Å². The molecule has 1 aromatic heterocycles. The molecule has 0 aromatic carbocycles. The molecule has 0 unspecified atom stereocenters. The van der Waals surface area contributed by atoms with Gasteiger partial charge in [0.05, 0.1) is 13.2 Å². The molecule has 3 heterocycles. The maximum atomic E-state index is 9.96. The predicted octanol–water partition coefficient (Wildman–Crippen LogP) is 3.42. The van der Waals surface area contributed by atoms with Crippen LogP contribution in [-0.4, -0.2) is 47.8 Å². The first-order valence-corrected chi connectivity index (χ1v) is 9.47. The molecule has 0 bridgehead atoms. The Balaban J connectivity index is 1.43. The van der Waals surface area contributed by atoms with Gasteiger partial charge in [-0.25, -0.2) is 4.98 Å². The highest BCUT2D eigenvalue weighted by Crippen LogP contribution is 2.29. The second-order valence-electron chi connectivity index (χ2n) is 6.85. The van der Waals surface area contributed by atoms with Gasteiger partial charge in [0.25, 0.3) is 0 Å². The van der Waals surface area contributed by atoms with Crippen molar-refractivity contribution in [2.24, 2.45) is 0 Å². The Hall–Kier alpha value is -1.17. The monoisotopic (exact) mass is 334 g/mol. The highest BCUT2D eigenvalue weighted by Gasteiger charge is 2.23. The van der Waals surface area contributed by atoms with Gasteiger partial charge in [-0.2, -0.15) is 0 Å². The maximum Gasteiger partial charge on any atom is 0.204 e. The smallest absolute Gasteiger partial charge is 0.204 e. The number of hydrogen-bond donors (Lipinski definition) is 1. The number of likely N-dealkylation sites (tertiary alicyclic amines) is 1. The molecule has 5 heteroatoms. The third-order valence-electron chi connectivity index (χ3n) is 4.91. The van der Waals surface area contributed by atoms with E-state index in [1.54, 1.807) is 6.07 Å². The summed E-state index contributed by atoms with van der Waals surface area (Å²) in [5.41, 5.74) is 1.53. The van der Waals surface area contributed by atoms with Crippen molar-refractivity contribution in [3.63, 3.8) is 0 Å². The Labute approximate surface area is 145 Å². The van der Waals surface area contributed by atoms with Crippen molar-refractivity contribution in [3.05, 3.63) is 23.5 Å². The molecule has 1 aromatic rings. The number of rotatable bonds is 6. The van der Waals surface area contributed by atoms with Gasteiger partial charge in [-0.05, 0) is 63.9 Å². The van der Waals surface area contributed by atoms with E-state index in [2.05, 4.69) is 9.88 Å². The van der Waals surface area contributed by atoms with Crippen molar-refractivity contribution < 1.29 is 14.6 Å². The van der Waals surface area contributed by atoms with Crippen LogP contribution in [0.15, 0.2) is 12.1 Å². The highest BCUT2D eigenvalue weighted by molar-refractivity contribution is 5.29. The first kappa shape index (κ1) is 17.6. The number of unbranched alkanes of at least 4 members (excludes halogenated alkanes) is 1. The Morgan fingerprint density at radius 2 is 1.71 bits per heavy atom. The minimum Gasteiger partial charge on any atom is -0.506 e. The number of nitrogens with zero attached hydrogens (tertiary/aromatic N) is 2. The molecule has 2 aliphatic rings. The molecule has 0 amide bonds. The molecule has 0 saturated carbocycles. The second kappa shape index (κ2) is 9.35. The summed E-state index contributed by atoms with van der Waals surface area (Å²) in [7, 11) is 0. The Morgan fingerprint density at radius 3 is 2.46 bits per heavy atom. The minimum atomic E-state index is -0.508. The lowest BCUT2D eigenvalue weighted by Crippen LogP contribution is -2.28. The molecule has 1 N–H and O–H groups in total. The molecule has 5 nitrogen and oxygen atoms in total. The summed E-state index contributed by atoms with van der Waals surface area (Å²) in [6.07, 6.45) is 9.66. The van der Waals surface area contributed by atoms with Crippen molar-refractivity contribution in [1.82, 2.24) is 9.88 Å². The summed E-state index contributed by atoms with van der Waals surface area (Å²) in [6.45, 7) is 4.84. The SMILES string of the molecule is Oc1ccc(CCCCN2CCCCCCC2)nc1C1OCCO1. The topological polar surface area (TPSA) is 54.8 Å². The summed E-state index contributed by atoms with van der Waals surface area (Å²) >= 11 is 0. The van der Waals surface area contributed by atoms with Crippen molar-refractivity contribution in [3.8, 4) is 5.75 Å². The van der Waals surface area contributed by atoms with E-state index in [1.165, 1.54) is 58.2 Å². The molecular weight excluding hydrogens is 304 g/mol. The van der Waals surface area contributed by atoms with E-state index < -0.39 is 6.29 Å². The molecule has 0 radical (unpaired) electrons. The fourth-order valence-corrected chi connectivity index (χ4v) is 3.52. The van der Waals surface area contributed by atoms with Gasteiger partial charge in [0, 0.05) is 5.69 Å². The van der Waals surface area contributed by atoms with E-state index in [0.29, 0.717) is 18.9 Å². The van der Waals surface area contributed by atoms with Crippen LogP contribution in [-0.2, 0) is 15.9 Å². The van der Waals surface area contributed by atoms with Crippen LogP contribution in [0.3, 0.4) is 0 Å². The highest BCUT2D eigenvalue weighted by atomic mass is 16.7. The molecule has 2 saturated heterocycles. The third kappa shape index (κ3) is 5.16. The van der Waals surface area contributed by atoms with Gasteiger partial charge in [-0.15, -0.1) is 0 Å². The van der Waals surface area contributed by atoms with Crippen LogP contribution in [0.1, 0.15) is 62.6 Å². The number of aryl methyl sites for hydroxylation is 1. The van der Waals surface area contributed by atoms with E-state index in [4.69, 9.17) is 9.47 Å². The van der Waals surface area contributed by atoms with E-state index in [0.717, 1.165) is 18.5 Å². The molecule has 2 aliphatic heterocycles. The van der Waals surface area contributed by atoms with Gasteiger partial charge >= 0.3 is 0 Å². The van der Waals surface area contributed by atoms with Gasteiger partial charge in [0.15, 0.2) is 0 Å². The Bertz CT molecular complexity index is 495. The molecule has 3 rings (SSSR count). The third-order valence-corrected chi connectivity index (χ3v) is 4.91. The van der Waals surface area contributed by atoms with Crippen molar-refractivity contribution in [2.45, 2.75) is 57.7 Å². The molecular formula is C19H30N2O3. The fraction of sp³-hybridized carbons (Fsp3) is 0.737. The normalized spacial score (nSPS) is 20.8. The number of ether oxygens (including phenoxy) is 2. The van der Waals surface area contributed by atoms with E-state index in [1.807, 2.05) is 6.07 Å². The molecule has 134 valence electrons. The zero-order valence-electron chi connectivity index (χ0n) is 14.6. The predicted molar refractivity (Wildman–Crippen MR) is 93.0 cm³/mol. The molecule has 0 aliphatic carbocycles. The van der Waals surface area contributed by atoms with Gasteiger partial charge in [0.1, 0.15) is 11.4 Å². The Kier molecular flexibility index (Phi) is 6.87. The largest absolute Gasteiger partial charge is 0.506 e. The first-order chi connectivity index (χ1) is 11.8. The lowest BCUT2D eigenvalue weighted by atomic mass is 10.1. The number of pyridine rings is 1. The van der Waals surface area contributed by atoms with E-state index in [-0.39, 0.29) is 5.75 Å². The molecule has 0 atom stereocenters. The zero-order chi connectivity index (χ0) is 16.6. The van der Waals surface area contributed by atoms with E-state index in [9.17, 15) is 5.11 Å². The summed E-state index contributed by atoms with van der Waals surface area (Å²) in [4.78, 5) is 7.17. The standard InChI is InChI=1S/C19H30N2O3/c22-17-10-9-16(20-18(17)19-23-14-15-24-19)8-4-7-13-21-11-5-2-1-3-6-12-21/h9-10,19,22H,1-8,11-15H2. The second-order valence-corrected chi connectivity index (χ2v) is 6.85. The molecule has 0 spiro atoms.